The van der Waals surface area contributed by atoms with E-state index in [0.29, 0.717) is 0 Å². The Labute approximate surface area is 272 Å². The van der Waals surface area contributed by atoms with Crippen LogP contribution in [0.15, 0.2) is 170 Å². The summed E-state index contributed by atoms with van der Waals surface area (Å²) in [6, 6.07) is 61.7. The fraction of sp³-hybridized carbons (Fsp3) is 0. The molecule has 1 heterocycles. The molecule has 8 aromatic carbocycles. The standard InChI is InChI=1S/C44H29NS/c1-2-6-33-25-35(14-13-29(33)5-1)38-18-17-36-26-34(15-16-37(36)27-38)32-11-9-30(10-12-32)31-19-21-39(22-20-31)45-40-23-24-44-42(28-40)41-7-3-4-8-43(41)46-44/h1-28,45H. The molecule has 1 aromatic heterocycles. The van der Waals surface area contributed by atoms with Crippen LogP contribution in [0.5, 0.6) is 0 Å². The lowest BCUT2D eigenvalue weighted by atomic mass is 9.96. The van der Waals surface area contributed by atoms with Crippen molar-refractivity contribution in [2.24, 2.45) is 0 Å². The molecule has 46 heavy (non-hydrogen) atoms. The molecular formula is C44H29NS. The molecule has 0 aliphatic carbocycles. The summed E-state index contributed by atoms with van der Waals surface area (Å²) >= 11 is 1.85. The fourth-order valence-corrected chi connectivity index (χ4v) is 7.63. The molecule has 0 fully saturated rings. The summed E-state index contributed by atoms with van der Waals surface area (Å²) in [7, 11) is 0. The summed E-state index contributed by atoms with van der Waals surface area (Å²) in [6.45, 7) is 0. The Bertz CT molecular complexity index is 2540. The van der Waals surface area contributed by atoms with Crippen molar-refractivity contribution in [2.45, 2.75) is 0 Å². The third-order valence-corrected chi connectivity index (χ3v) is 10.2. The average Bonchev–Trinajstić information content (AvgIpc) is 3.49. The van der Waals surface area contributed by atoms with Crippen molar-refractivity contribution in [3.8, 4) is 33.4 Å². The molecule has 1 nitrogen and oxygen atoms in total. The van der Waals surface area contributed by atoms with Crippen LogP contribution in [0.2, 0.25) is 0 Å². The Morgan fingerprint density at radius 3 is 1.46 bits per heavy atom. The van der Waals surface area contributed by atoms with Crippen molar-refractivity contribution >= 4 is 64.4 Å². The zero-order valence-electron chi connectivity index (χ0n) is 25.1. The van der Waals surface area contributed by atoms with Gasteiger partial charge >= 0.3 is 0 Å². The van der Waals surface area contributed by atoms with E-state index in [4.69, 9.17) is 0 Å². The maximum Gasteiger partial charge on any atom is 0.0391 e. The Morgan fingerprint density at radius 1 is 0.304 bits per heavy atom. The zero-order chi connectivity index (χ0) is 30.5. The van der Waals surface area contributed by atoms with Crippen LogP contribution in [0.3, 0.4) is 0 Å². The maximum atomic E-state index is 3.60. The number of hydrogen-bond donors (Lipinski definition) is 1. The predicted molar refractivity (Wildman–Crippen MR) is 200 cm³/mol. The minimum atomic E-state index is 1.08. The van der Waals surface area contributed by atoms with Crippen LogP contribution in [0.4, 0.5) is 11.4 Å². The lowest BCUT2D eigenvalue weighted by Gasteiger charge is -2.10. The van der Waals surface area contributed by atoms with Crippen molar-refractivity contribution < 1.29 is 0 Å². The van der Waals surface area contributed by atoms with Crippen LogP contribution < -0.4 is 5.32 Å². The van der Waals surface area contributed by atoms with Gasteiger partial charge in [0.15, 0.2) is 0 Å². The molecule has 0 amide bonds. The van der Waals surface area contributed by atoms with Gasteiger partial charge in [-0.15, -0.1) is 11.3 Å². The SMILES string of the molecule is c1ccc2cc(-c3ccc4cc(-c5ccc(-c6ccc(Nc7ccc8sc9ccccc9c8c7)cc6)cc5)ccc4c3)ccc2c1. The number of thiophene rings is 1. The number of fused-ring (bicyclic) bond motifs is 5. The molecule has 0 radical (unpaired) electrons. The van der Waals surface area contributed by atoms with E-state index in [-0.39, 0.29) is 0 Å². The van der Waals surface area contributed by atoms with Crippen molar-refractivity contribution in [3.05, 3.63) is 170 Å². The molecule has 0 unspecified atom stereocenters. The van der Waals surface area contributed by atoms with E-state index < -0.39 is 0 Å². The van der Waals surface area contributed by atoms with Crippen molar-refractivity contribution in [2.75, 3.05) is 5.32 Å². The summed E-state index contributed by atoms with van der Waals surface area (Å²) in [6.07, 6.45) is 0. The molecule has 1 N–H and O–H groups in total. The van der Waals surface area contributed by atoms with Crippen LogP contribution in [-0.4, -0.2) is 0 Å². The Kier molecular flexibility index (Phi) is 6.40. The summed E-state index contributed by atoms with van der Waals surface area (Å²) in [5.74, 6) is 0. The second-order valence-electron chi connectivity index (χ2n) is 11.9. The second kappa shape index (κ2) is 11.0. The van der Waals surface area contributed by atoms with E-state index in [1.54, 1.807) is 0 Å². The van der Waals surface area contributed by atoms with Gasteiger partial charge in [0.1, 0.15) is 0 Å². The van der Waals surface area contributed by atoms with Crippen molar-refractivity contribution in [3.63, 3.8) is 0 Å². The Hall–Kier alpha value is -5.70. The summed E-state index contributed by atoms with van der Waals surface area (Å²) in [5, 5.41) is 11.3. The molecule has 0 saturated carbocycles. The zero-order valence-corrected chi connectivity index (χ0v) is 25.9. The first-order valence-electron chi connectivity index (χ1n) is 15.7. The monoisotopic (exact) mass is 603 g/mol. The van der Waals surface area contributed by atoms with E-state index in [9.17, 15) is 0 Å². The molecule has 0 atom stereocenters. The van der Waals surface area contributed by atoms with E-state index in [1.165, 1.54) is 75.1 Å². The minimum absolute atomic E-state index is 1.08. The van der Waals surface area contributed by atoms with E-state index >= 15 is 0 Å². The minimum Gasteiger partial charge on any atom is -0.356 e. The van der Waals surface area contributed by atoms with Gasteiger partial charge in [0.05, 0.1) is 0 Å². The molecule has 0 aliphatic heterocycles. The Morgan fingerprint density at radius 2 is 0.761 bits per heavy atom. The normalized spacial score (nSPS) is 11.5. The number of hydrogen-bond acceptors (Lipinski definition) is 2. The van der Waals surface area contributed by atoms with Crippen molar-refractivity contribution in [1.29, 1.82) is 0 Å². The first-order valence-corrected chi connectivity index (χ1v) is 16.5. The van der Waals surface area contributed by atoms with Gasteiger partial charge in [-0.2, -0.15) is 0 Å². The van der Waals surface area contributed by atoms with E-state index in [0.717, 1.165) is 11.4 Å². The average molecular weight is 604 g/mol. The molecule has 0 aliphatic rings. The van der Waals surface area contributed by atoms with E-state index in [1.807, 2.05) is 11.3 Å². The highest BCUT2D eigenvalue weighted by atomic mass is 32.1. The molecule has 0 saturated heterocycles. The van der Waals surface area contributed by atoms with Gasteiger partial charge in [-0.25, -0.2) is 0 Å². The Balaban J connectivity index is 0.925. The third-order valence-electron chi connectivity index (χ3n) is 9.02. The molecular weight excluding hydrogens is 575 g/mol. The number of benzene rings is 8. The van der Waals surface area contributed by atoms with Crippen molar-refractivity contribution in [1.82, 2.24) is 0 Å². The maximum absolute atomic E-state index is 3.60. The van der Waals surface area contributed by atoms with Crippen LogP contribution in [0.25, 0.3) is 75.1 Å². The fourth-order valence-electron chi connectivity index (χ4n) is 6.55. The lowest BCUT2D eigenvalue weighted by molar-refractivity contribution is 1.55. The second-order valence-corrected chi connectivity index (χ2v) is 13.0. The van der Waals surface area contributed by atoms with Crippen LogP contribution in [-0.2, 0) is 0 Å². The van der Waals surface area contributed by atoms with Crippen LogP contribution in [0, 0.1) is 0 Å². The van der Waals surface area contributed by atoms with Gasteiger partial charge in [0, 0.05) is 31.5 Å². The number of rotatable bonds is 5. The van der Waals surface area contributed by atoms with Gasteiger partial charge in [-0.3, -0.25) is 0 Å². The lowest BCUT2D eigenvalue weighted by Crippen LogP contribution is -1.90. The molecule has 2 heteroatoms. The van der Waals surface area contributed by atoms with Gasteiger partial charge in [0.2, 0.25) is 0 Å². The smallest absolute Gasteiger partial charge is 0.0391 e. The number of anilines is 2. The van der Waals surface area contributed by atoms with Gasteiger partial charge < -0.3 is 5.32 Å². The predicted octanol–water partition coefficient (Wildman–Crippen LogP) is 13.1. The molecule has 216 valence electrons. The topological polar surface area (TPSA) is 12.0 Å². The first kappa shape index (κ1) is 26.7. The summed E-state index contributed by atoms with van der Waals surface area (Å²) < 4.78 is 2.65. The van der Waals surface area contributed by atoms with Gasteiger partial charge in [0.25, 0.3) is 0 Å². The van der Waals surface area contributed by atoms with Crippen LogP contribution >= 0.6 is 11.3 Å². The summed E-state index contributed by atoms with van der Waals surface area (Å²) in [4.78, 5) is 0. The van der Waals surface area contributed by atoms with Gasteiger partial charge in [-0.05, 0) is 110 Å². The quantitative estimate of drug-likeness (QED) is 0.206. The highest BCUT2D eigenvalue weighted by Gasteiger charge is 2.08. The highest BCUT2D eigenvalue weighted by molar-refractivity contribution is 7.25. The molecule has 9 rings (SSSR count). The van der Waals surface area contributed by atoms with Gasteiger partial charge in [-0.1, -0.05) is 115 Å². The first-order chi connectivity index (χ1) is 22.7. The summed E-state index contributed by atoms with van der Waals surface area (Å²) in [5.41, 5.74) is 9.55. The third kappa shape index (κ3) is 4.90. The largest absolute Gasteiger partial charge is 0.356 e. The van der Waals surface area contributed by atoms with Crippen LogP contribution in [0.1, 0.15) is 0 Å². The number of nitrogens with one attached hydrogen (secondary N) is 1. The highest BCUT2D eigenvalue weighted by Crippen LogP contribution is 2.36. The molecule has 0 bridgehead atoms. The van der Waals surface area contributed by atoms with E-state index in [2.05, 4.69) is 175 Å². The molecule has 0 spiro atoms. The molecule has 9 aromatic rings.